The molecule has 1 fully saturated rings. The van der Waals surface area contributed by atoms with Gasteiger partial charge in [0.25, 0.3) is 0 Å². The van der Waals surface area contributed by atoms with Crippen molar-refractivity contribution in [2.45, 2.75) is 80.9 Å². The standard InChI is InChI=1S/C29H41ClO6/c1-9-34-28(35-10-2)24-19(5)25(30)27(36-21(7)31)22(26(24)33)13-11-17(3)15-16-29(8)18(4)12-14-23(32)20(29)6/h11,15-16,18,20,28,33H,9-10,12-14H2,1-8H3/t18-,20+,29+/m1/s1. The number of esters is 1. The Kier molecular flexibility index (Phi) is 10.8. The van der Waals surface area contributed by atoms with Crippen LogP contribution in [-0.2, 0) is 25.5 Å². The van der Waals surface area contributed by atoms with Gasteiger partial charge in [0.1, 0.15) is 11.5 Å². The molecule has 0 unspecified atom stereocenters. The lowest BCUT2D eigenvalue weighted by molar-refractivity contribution is -0.141. The van der Waals surface area contributed by atoms with Crippen molar-refractivity contribution in [2.24, 2.45) is 17.3 Å². The molecule has 6 nitrogen and oxygen atoms in total. The Morgan fingerprint density at radius 3 is 2.39 bits per heavy atom. The van der Waals surface area contributed by atoms with E-state index in [-0.39, 0.29) is 34.3 Å². The Balaban J connectivity index is 2.50. The van der Waals surface area contributed by atoms with Gasteiger partial charge in [-0.25, -0.2) is 0 Å². The number of ketones is 1. The summed E-state index contributed by atoms with van der Waals surface area (Å²) in [5, 5.41) is 11.5. The molecule has 1 aromatic carbocycles. The molecule has 7 heteroatoms. The number of halogens is 1. The molecule has 1 aromatic rings. The number of allylic oxidation sites excluding steroid dienone is 4. The van der Waals surface area contributed by atoms with E-state index in [1.807, 2.05) is 39.8 Å². The van der Waals surface area contributed by atoms with E-state index in [1.54, 1.807) is 6.92 Å². The van der Waals surface area contributed by atoms with Crippen LogP contribution >= 0.6 is 11.6 Å². The van der Waals surface area contributed by atoms with Crippen LogP contribution in [0.5, 0.6) is 11.5 Å². The van der Waals surface area contributed by atoms with Gasteiger partial charge in [-0.15, -0.1) is 0 Å². The third-order valence-corrected chi connectivity index (χ3v) is 7.96. The minimum atomic E-state index is -0.806. The molecule has 1 N–H and O–H groups in total. The number of phenolic OH excluding ortho intramolecular Hbond substituents is 1. The molecule has 1 saturated carbocycles. The van der Waals surface area contributed by atoms with E-state index in [0.717, 1.165) is 12.0 Å². The van der Waals surface area contributed by atoms with Crippen LogP contribution in [0.3, 0.4) is 0 Å². The molecule has 0 aliphatic heterocycles. The maximum absolute atomic E-state index is 12.4. The SMILES string of the molecule is CCOC(OCC)c1c(C)c(Cl)c(OC(C)=O)c(CC=C(C)C=C[C@@]2(C)[C@H](C)CCC(=O)[C@@H]2C)c1O. The van der Waals surface area contributed by atoms with Crippen molar-refractivity contribution in [1.29, 1.82) is 0 Å². The molecule has 36 heavy (non-hydrogen) atoms. The number of rotatable bonds is 10. The van der Waals surface area contributed by atoms with E-state index in [2.05, 4.69) is 19.9 Å². The average molecular weight is 521 g/mol. The van der Waals surface area contributed by atoms with Crippen molar-refractivity contribution in [2.75, 3.05) is 13.2 Å². The lowest BCUT2D eigenvalue weighted by Gasteiger charge is -2.42. The van der Waals surface area contributed by atoms with E-state index in [1.165, 1.54) is 6.92 Å². The highest BCUT2D eigenvalue weighted by Gasteiger charge is 2.41. The van der Waals surface area contributed by atoms with Crippen LogP contribution in [0.4, 0.5) is 0 Å². The Bertz CT molecular complexity index is 1020. The minimum Gasteiger partial charge on any atom is -0.507 e. The van der Waals surface area contributed by atoms with E-state index in [9.17, 15) is 14.7 Å². The van der Waals surface area contributed by atoms with Gasteiger partial charge in [-0.3, -0.25) is 9.59 Å². The number of Topliss-reactive ketones (excluding diaryl/α,β-unsaturated/α-hetero) is 1. The van der Waals surface area contributed by atoms with Crippen molar-refractivity contribution < 1.29 is 28.9 Å². The van der Waals surface area contributed by atoms with E-state index in [4.69, 9.17) is 25.8 Å². The lowest BCUT2D eigenvalue weighted by atomic mass is 9.61. The van der Waals surface area contributed by atoms with Crippen molar-refractivity contribution in [3.8, 4) is 11.5 Å². The largest absolute Gasteiger partial charge is 0.507 e. The molecule has 0 heterocycles. The van der Waals surface area contributed by atoms with E-state index in [0.29, 0.717) is 48.0 Å². The summed E-state index contributed by atoms with van der Waals surface area (Å²) in [6, 6.07) is 0. The Labute approximate surface area is 220 Å². The van der Waals surface area contributed by atoms with Gasteiger partial charge in [0.05, 0.1) is 10.6 Å². The molecule has 0 spiro atoms. The van der Waals surface area contributed by atoms with Gasteiger partial charge in [0.15, 0.2) is 12.0 Å². The number of aromatic hydroxyl groups is 1. The molecule has 0 saturated heterocycles. The summed E-state index contributed by atoms with van der Waals surface area (Å²) >= 11 is 6.64. The van der Waals surface area contributed by atoms with Gasteiger partial charge in [0, 0.05) is 38.0 Å². The highest BCUT2D eigenvalue weighted by molar-refractivity contribution is 6.33. The van der Waals surface area contributed by atoms with Gasteiger partial charge in [0.2, 0.25) is 0 Å². The molecule has 0 aromatic heterocycles. The summed E-state index contributed by atoms with van der Waals surface area (Å²) in [6.07, 6.45) is 7.08. The second kappa shape index (κ2) is 12.9. The fourth-order valence-corrected chi connectivity index (χ4v) is 4.98. The van der Waals surface area contributed by atoms with Crippen LogP contribution in [0.25, 0.3) is 0 Å². The zero-order valence-electron chi connectivity index (χ0n) is 22.9. The van der Waals surface area contributed by atoms with Crippen molar-refractivity contribution in [3.63, 3.8) is 0 Å². The van der Waals surface area contributed by atoms with Crippen molar-refractivity contribution in [1.82, 2.24) is 0 Å². The van der Waals surface area contributed by atoms with Crippen LogP contribution in [0.15, 0.2) is 23.8 Å². The molecule has 1 aliphatic rings. The summed E-state index contributed by atoms with van der Waals surface area (Å²) < 4.78 is 16.9. The first-order valence-corrected chi connectivity index (χ1v) is 13.1. The molecule has 200 valence electrons. The number of hydrogen-bond acceptors (Lipinski definition) is 6. The van der Waals surface area contributed by atoms with Crippen LogP contribution in [0, 0.1) is 24.2 Å². The second-order valence-corrected chi connectivity index (χ2v) is 10.2. The summed E-state index contributed by atoms with van der Waals surface area (Å²) in [7, 11) is 0. The number of ether oxygens (including phenoxy) is 3. The lowest BCUT2D eigenvalue weighted by Crippen LogP contribution is -2.40. The number of hydrogen-bond donors (Lipinski definition) is 1. The second-order valence-electron chi connectivity index (χ2n) is 9.82. The quantitative estimate of drug-likeness (QED) is 0.154. The van der Waals surface area contributed by atoms with E-state index >= 15 is 0 Å². The van der Waals surface area contributed by atoms with Crippen LogP contribution in [0.1, 0.15) is 84.3 Å². The topological polar surface area (TPSA) is 82.1 Å². The molecule has 0 radical (unpaired) electrons. The van der Waals surface area contributed by atoms with Crippen LogP contribution in [-0.4, -0.2) is 30.1 Å². The van der Waals surface area contributed by atoms with Gasteiger partial charge >= 0.3 is 5.97 Å². The summed E-state index contributed by atoms with van der Waals surface area (Å²) in [4.78, 5) is 24.2. The fourth-order valence-electron chi connectivity index (χ4n) is 4.72. The van der Waals surface area contributed by atoms with Gasteiger partial charge in [-0.05, 0) is 57.4 Å². The fraction of sp³-hybridized carbons (Fsp3) is 0.586. The first-order chi connectivity index (χ1) is 16.9. The Hall–Kier alpha value is -2.15. The smallest absolute Gasteiger partial charge is 0.308 e. The molecule has 0 bridgehead atoms. The monoisotopic (exact) mass is 520 g/mol. The number of phenols is 1. The van der Waals surface area contributed by atoms with Gasteiger partial charge in [-0.1, -0.05) is 56.2 Å². The van der Waals surface area contributed by atoms with Gasteiger partial charge in [-0.2, -0.15) is 0 Å². The van der Waals surface area contributed by atoms with Crippen molar-refractivity contribution >= 4 is 23.4 Å². The van der Waals surface area contributed by atoms with E-state index < -0.39 is 12.3 Å². The summed E-state index contributed by atoms with van der Waals surface area (Å²) in [5.41, 5.74) is 2.06. The minimum absolute atomic E-state index is 0.0440. The molecule has 0 amide bonds. The van der Waals surface area contributed by atoms with Gasteiger partial charge < -0.3 is 19.3 Å². The molecular formula is C29H41ClO6. The summed E-state index contributed by atoms with van der Waals surface area (Å²) in [6.45, 7) is 15.8. The zero-order valence-corrected chi connectivity index (χ0v) is 23.6. The highest BCUT2D eigenvalue weighted by atomic mass is 35.5. The molecule has 1 aliphatic carbocycles. The number of carbonyl (C=O) groups excluding carboxylic acids is 2. The molecule has 3 atom stereocenters. The van der Waals surface area contributed by atoms with Crippen LogP contribution < -0.4 is 4.74 Å². The number of carbonyl (C=O) groups is 2. The van der Waals surface area contributed by atoms with Crippen LogP contribution in [0.2, 0.25) is 5.02 Å². The maximum atomic E-state index is 12.4. The third-order valence-electron chi connectivity index (χ3n) is 7.50. The number of benzene rings is 1. The zero-order chi connectivity index (χ0) is 27.2. The predicted molar refractivity (Wildman–Crippen MR) is 142 cm³/mol. The maximum Gasteiger partial charge on any atom is 0.308 e. The summed E-state index contributed by atoms with van der Waals surface area (Å²) in [5.74, 6) is 0.181. The predicted octanol–water partition coefficient (Wildman–Crippen LogP) is 7.04. The molecule has 2 rings (SSSR count). The first kappa shape index (κ1) is 30.1. The normalized spacial score (nSPS) is 23.1. The average Bonchev–Trinajstić information content (AvgIpc) is 2.82. The third kappa shape index (κ3) is 6.58. The molecular weight excluding hydrogens is 480 g/mol. The Morgan fingerprint density at radius 2 is 1.83 bits per heavy atom. The van der Waals surface area contributed by atoms with Crippen molar-refractivity contribution in [3.05, 3.63) is 45.5 Å². The Morgan fingerprint density at radius 1 is 1.22 bits per heavy atom. The highest BCUT2D eigenvalue weighted by Crippen LogP contribution is 2.46. The first-order valence-electron chi connectivity index (χ1n) is 12.7.